The molecule has 8 nitrogen and oxygen atoms in total. The van der Waals surface area contributed by atoms with E-state index in [2.05, 4.69) is 15.3 Å². The first kappa shape index (κ1) is 19.3. The maximum Gasteiger partial charge on any atom is 0.281 e. The third-order valence-corrected chi connectivity index (χ3v) is 5.47. The SMILES string of the molecule is CCCC(=O)N1CCCC(c2nc3c(nnn3Cc3ccc(C)cc3)c(=O)[nH]2)C1. The fourth-order valence-electron chi connectivity index (χ4n) is 3.85. The van der Waals surface area contributed by atoms with E-state index in [9.17, 15) is 9.59 Å². The predicted molar refractivity (Wildman–Crippen MR) is 110 cm³/mol. The Morgan fingerprint density at radius 3 is 2.83 bits per heavy atom. The van der Waals surface area contributed by atoms with E-state index >= 15 is 0 Å². The van der Waals surface area contributed by atoms with Crippen LogP contribution in [0.5, 0.6) is 0 Å². The maximum absolute atomic E-state index is 12.6. The summed E-state index contributed by atoms with van der Waals surface area (Å²) in [5.74, 6) is 0.806. The van der Waals surface area contributed by atoms with Crippen molar-refractivity contribution in [1.29, 1.82) is 0 Å². The van der Waals surface area contributed by atoms with Crippen molar-refractivity contribution in [3.63, 3.8) is 0 Å². The fourth-order valence-corrected chi connectivity index (χ4v) is 3.85. The van der Waals surface area contributed by atoms with Crippen molar-refractivity contribution in [1.82, 2.24) is 29.9 Å². The molecule has 1 aliphatic heterocycles. The van der Waals surface area contributed by atoms with Crippen LogP contribution >= 0.6 is 0 Å². The molecule has 2 aromatic heterocycles. The lowest BCUT2D eigenvalue weighted by molar-refractivity contribution is -0.132. The zero-order valence-electron chi connectivity index (χ0n) is 16.9. The van der Waals surface area contributed by atoms with Crippen LogP contribution in [-0.4, -0.2) is 48.9 Å². The molecule has 0 saturated carbocycles. The number of aromatic amines is 1. The van der Waals surface area contributed by atoms with Crippen LogP contribution in [0, 0.1) is 6.92 Å². The van der Waals surface area contributed by atoms with E-state index in [1.165, 1.54) is 5.56 Å². The third-order valence-electron chi connectivity index (χ3n) is 5.47. The molecule has 1 N–H and O–H groups in total. The average Bonchev–Trinajstić information content (AvgIpc) is 3.13. The van der Waals surface area contributed by atoms with Crippen LogP contribution < -0.4 is 5.56 Å². The second kappa shape index (κ2) is 8.14. The van der Waals surface area contributed by atoms with Gasteiger partial charge in [-0.05, 0) is 31.7 Å². The zero-order valence-corrected chi connectivity index (χ0v) is 16.9. The number of hydrogen-bond acceptors (Lipinski definition) is 5. The summed E-state index contributed by atoms with van der Waals surface area (Å²) in [6.07, 6.45) is 3.19. The minimum atomic E-state index is -0.280. The van der Waals surface area contributed by atoms with Gasteiger partial charge in [0, 0.05) is 25.4 Å². The molecule has 1 aliphatic rings. The molecular formula is C21H26N6O2. The number of H-pyrrole nitrogens is 1. The van der Waals surface area contributed by atoms with Gasteiger partial charge in [-0.1, -0.05) is 42.0 Å². The Morgan fingerprint density at radius 2 is 2.07 bits per heavy atom. The van der Waals surface area contributed by atoms with E-state index in [0.717, 1.165) is 31.4 Å². The van der Waals surface area contributed by atoms with Crippen molar-refractivity contribution in [3.05, 3.63) is 51.6 Å². The van der Waals surface area contributed by atoms with Gasteiger partial charge in [0.1, 0.15) is 5.82 Å². The van der Waals surface area contributed by atoms with Crippen LogP contribution in [0.3, 0.4) is 0 Å². The minimum Gasteiger partial charge on any atom is -0.342 e. The van der Waals surface area contributed by atoms with Crippen molar-refractivity contribution < 1.29 is 4.79 Å². The quantitative estimate of drug-likeness (QED) is 0.717. The number of rotatable bonds is 5. The van der Waals surface area contributed by atoms with Gasteiger partial charge in [0.15, 0.2) is 11.2 Å². The van der Waals surface area contributed by atoms with Crippen LogP contribution in [0.25, 0.3) is 11.2 Å². The highest BCUT2D eigenvalue weighted by atomic mass is 16.2. The number of fused-ring (bicyclic) bond motifs is 1. The lowest BCUT2D eigenvalue weighted by Gasteiger charge is -2.32. The molecule has 1 atom stereocenters. The van der Waals surface area contributed by atoms with Crippen molar-refractivity contribution in [3.8, 4) is 0 Å². The van der Waals surface area contributed by atoms with Crippen LogP contribution in [0.2, 0.25) is 0 Å². The number of likely N-dealkylation sites (tertiary alicyclic amines) is 1. The van der Waals surface area contributed by atoms with Crippen LogP contribution in [0.4, 0.5) is 0 Å². The van der Waals surface area contributed by atoms with Gasteiger partial charge in [-0.25, -0.2) is 9.67 Å². The molecule has 29 heavy (non-hydrogen) atoms. The molecule has 0 aliphatic carbocycles. The van der Waals surface area contributed by atoms with Gasteiger partial charge in [0.2, 0.25) is 5.91 Å². The Bertz CT molecular complexity index is 1070. The van der Waals surface area contributed by atoms with Gasteiger partial charge in [0.25, 0.3) is 5.56 Å². The number of carbonyl (C=O) groups excluding carboxylic acids is 1. The number of benzene rings is 1. The first-order valence-electron chi connectivity index (χ1n) is 10.2. The highest BCUT2D eigenvalue weighted by Crippen LogP contribution is 2.25. The summed E-state index contributed by atoms with van der Waals surface area (Å²) in [4.78, 5) is 34.4. The molecule has 0 bridgehead atoms. The molecule has 3 heterocycles. The van der Waals surface area contributed by atoms with E-state index in [1.54, 1.807) is 4.68 Å². The number of carbonyl (C=O) groups is 1. The molecule has 1 aromatic carbocycles. The van der Waals surface area contributed by atoms with Crippen molar-refractivity contribution in [2.24, 2.45) is 0 Å². The Kier molecular flexibility index (Phi) is 5.42. The molecule has 3 aromatic rings. The van der Waals surface area contributed by atoms with E-state index in [0.29, 0.717) is 31.0 Å². The van der Waals surface area contributed by atoms with Gasteiger partial charge in [0.05, 0.1) is 6.54 Å². The van der Waals surface area contributed by atoms with Gasteiger partial charge in [-0.2, -0.15) is 0 Å². The molecule has 1 saturated heterocycles. The Balaban J connectivity index is 1.63. The number of aromatic nitrogens is 5. The molecule has 0 radical (unpaired) electrons. The van der Waals surface area contributed by atoms with Gasteiger partial charge >= 0.3 is 0 Å². The summed E-state index contributed by atoms with van der Waals surface area (Å²) in [5, 5.41) is 8.18. The largest absolute Gasteiger partial charge is 0.342 e. The van der Waals surface area contributed by atoms with Crippen LogP contribution in [0.1, 0.15) is 55.5 Å². The monoisotopic (exact) mass is 394 g/mol. The minimum absolute atomic E-state index is 0.0179. The van der Waals surface area contributed by atoms with Gasteiger partial charge in [-0.15, -0.1) is 5.10 Å². The molecular weight excluding hydrogens is 368 g/mol. The first-order chi connectivity index (χ1) is 14.0. The zero-order chi connectivity index (χ0) is 20.4. The maximum atomic E-state index is 12.6. The number of nitrogens with zero attached hydrogens (tertiary/aromatic N) is 5. The standard InChI is InChI=1S/C21H26N6O2/c1-3-5-17(28)26-11-4-6-16(13-26)19-22-20-18(21(29)23-19)24-25-27(20)12-15-9-7-14(2)8-10-15/h7-10,16H,3-6,11-13H2,1-2H3,(H,22,23,29). The summed E-state index contributed by atoms with van der Waals surface area (Å²) >= 11 is 0. The van der Waals surface area contributed by atoms with E-state index in [1.807, 2.05) is 43.0 Å². The number of hydrogen-bond donors (Lipinski definition) is 1. The molecule has 152 valence electrons. The number of nitrogens with one attached hydrogen (secondary N) is 1. The summed E-state index contributed by atoms with van der Waals surface area (Å²) in [6, 6.07) is 8.17. The molecule has 1 amide bonds. The lowest BCUT2D eigenvalue weighted by atomic mass is 9.96. The Morgan fingerprint density at radius 1 is 1.28 bits per heavy atom. The topological polar surface area (TPSA) is 96.8 Å². The highest BCUT2D eigenvalue weighted by Gasteiger charge is 2.27. The molecule has 4 rings (SSSR count). The smallest absolute Gasteiger partial charge is 0.281 e. The van der Waals surface area contributed by atoms with Crippen molar-refractivity contribution in [2.75, 3.05) is 13.1 Å². The van der Waals surface area contributed by atoms with Crippen LogP contribution in [0.15, 0.2) is 29.1 Å². The van der Waals surface area contributed by atoms with Crippen molar-refractivity contribution in [2.45, 2.75) is 52.0 Å². The normalized spacial score (nSPS) is 17.0. The molecule has 8 heteroatoms. The second-order valence-corrected chi connectivity index (χ2v) is 7.78. The average molecular weight is 394 g/mol. The van der Waals surface area contributed by atoms with Gasteiger partial charge < -0.3 is 9.88 Å². The van der Waals surface area contributed by atoms with Crippen LogP contribution in [-0.2, 0) is 11.3 Å². The molecule has 1 fully saturated rings. The summed E-state index contributed by atoms with van der Waals surface area (Å²) in [7, 11) is 0. The Hall–Kier alpha value is -3.03. The van der Waals surface area contributed by atoms with Crippen molar-refractivity contribution >= 4 is 17.1 Å². The van der Waals surface area contributed by atoms with E-state index in [4.69, 9.17) is 4.98 Å². The first-order valence-corrected chi connectivity index (χ1v) is 10.2. The summed E-state index contributed by atoms with van der Waals surface area (Å²) in [6.45, 7) is 5.91. The summed E-state index contributed by atoms with van der Waals surface area (Å²) in [5.41, 5.74) is 2.71. The summed E-state index contributed by atoms with van der Waals surface area (Å²) < 4.78 is 1.67. The lowest BCUT2D eigenvalue weighted by Crippen LogP contribution is -2.39. The predicted octanol–water partition coefficient (Wildman–Crippen LogP) is 2.38. The number of amides is 1. The second-order valence-electron chi connectivity index (χ2n) is 7.78. The fraction of sp³-hybridized carbons (Fsp3) is 0.476. The third kappa shape index (κ3) is 4.06. The number of aryl methyl sites for hydroxylation is 1. The van der Waals surface area contributed by atoms with Gasteiger partial charge in [-0.3, -0.25) is 9.59 Å². The molecule has 1 unspecified atom stereocenters. The number of piperidine rings is 1. The van der Waals surface area contributed by atoms with E-state index in [-0.39, 0.29) is 22.9 Å². The van der Waals surface area contributed by atoms with E-state index < -0.39 is 0 Å². The highest BCUT2D eigenvalue weighted by molar-refractivity contribution is 5.76. The molecule has 0 spiro atoms. The Labute approximate surface area is 168 Å².